The Hall–Kier alpha value is -6.85. The lowest BCUT2D eigenvalue weighted by molar-refractivity contribution is 0.670. The standard InChI is InChI=1S/C45H28N4O/c1-2-15-29(16-3-1)43-46-44(36-21-5-4-17-30(36)34-23-14-24-35-33-20-9-13-28-41(33)50-42(34)35)48-45(47-43)37-22-8-12-27-40(37)49-38-25-10-6-18-31(38)32-19-7-11-26-39(32)49/h1-28H. The molecule has 0 saturated heterocycles. The van der Waals surface area contributed by atoms with Crippen molar-refractivity contribution in [1.29, 1.82) is 0 Å². The summed E-state index contributed by atoms with van der Waals surface area (Å²) >= 11 is 0. The Kier molecular flexibility index (Phi) is 6.42. The summed E-state index contributed by atoms with van der Waals surface area (Å²) in [5.74, 6) is 1.80. The van der Waals surface area contributed by atoms with Gasteiger partial charge in [-0.2, -0.15) is 0 Å². The molecule has 0 aliphatic carbocycles. The molecule has 234 valence electrons. The molecule has 0 aliphatic heterocycles. The van der Waals surface area contributed by atoms with Gasteiger partial charge in [-0.05, 0) is 35.9 Å². The van der Waals surface area contributed by atoms with Gasteiger partial charge >= 0.3 is 0 Å². The van der Waals surface area contributed by atoms with Crippen LogP contribution in [0.4, 0.5) is 0 Å². The molecule has 5 heteroatoms. The number of aromatic nitrogens is 4. The maximum Gasteiger partial charge on any atom is 0.166 e. The first-order valence-electron chi connectivity index (χ1n) is 16.7. The third kappa shape index (κ3) is 4.45. The molecule has 50 heavy (non-hydrogen) atoms. The Morgan fingerprint density at radius 3 is 1.64 bits per heavy atom. The lowest BCUT2D eigenvalue weighted by Crippen LogP contribution is -2.04. The van der Waals surface area contributed by atoms with Gasteiger partial charge in [-0.1, -0.05) is 140 Å². The van der Waals surface area contributed by atoms with Gasteiger partial charge in [-0.3, -0.25) is 0 Å². The van der Waals surface area contributed by atoms with Gasteiger partial charge in [0.1, 0.15) is 11.2 Å². The van der Waals surface area contributed by atoms with Crippen LogP contribution in [0.2, 0.25) is 0 Å². The normalized spacial score (nSPS) is 11.6. The quantitative estimate of drug-likeness (QED) is 0.188. The van der Waals surface area contributed by atoms with E-state index in [-0.39, 0.29) is 0 Å². The lowest BCUT2D eigenvalue weighted by Gasteiger charge is -2.15. The molecule has 0 amide bonds. The van der Waals surface area contributed by atoms with Gasteiger partial charge in [0.2, 0.25) is 0 Å². The van der Waals surface area contributed by atoms with E-state index in [1.165, 1.54) is 10.8 Å². The molecule has 3 heterocycles. The molecule has 0 atom stereocenters. The van der Waals surface area contributed by atoms with E-state index in [4.69, 9.17) is 19.4 Å². The highest BCUT2D eigenvalue weighted by atomic mass is 16.3. The summed E-state index contributed by atoms with van der Waals surface area (Å²) < 4.78 is 8.81. The maximum atomic E-state index is 6.49. The molecule has 0 saturated carbocycles. The third-order valence-electron chi connectivity index (χ3n) is 9.50. The number of fused-ring (bicyclic) bond motifs is 6. The van der Waals surface area contributed by atoms with Crippen molar-refractivity contribution in [3.8, 4) is 51.0 Å². The van der Waals surface area contributed by atoms with Gasteiger partial charge in [0.05, 0.1) is 16.7 Å². The molecule has 0 N–H and O–H groups in total. The van der Waals surface area contributed by atoms with Crippen LogP contribution in [0.25, 0.3) is 94.7 Å². The van der Waals surface area contributed by atoms with Crippen molar-refractivity contribution >= 4 is 43.7 Å². The first-order valence-corrected chi connectivity index (χ1v) is 16.7. The summed E-state index contributed by atoms with van der Waals surface area (Å²) in [4.78, 5) is 15.6. The van der Waals surface area contributed by atoms with Gasteiger partial charge in [-0.25, -0.2) is 15.0 Å². The molecular formula is C45H28N4O. The van der Waals surface area contributed by atoms with Crippen LogP contribution in [-0.4, -0.2) is 19.5 Å². The minimum atomic E-state index is 0.592. The molecule has 5 nitrogen and oxygen atoms in total. The van der Waals surface area contributed by atoms with Crippen molar-refractivity contribution in [3.05, 3.63) is 170 Å². The molecule has 7 aromatic carbocycles. The van der Waals surface area contributed by atoms with Crippen LogP contribution < -0.4 is 0 Å². The first-order chi connectivity index (χ1) is 24.8. The summed E-state index contributed by atoms with van der Waals surface area (Å²) in [6.07, 6.45) is 0. The fourth-order valence-electron chi connectivity index (χ4n) is 7.25. The van der Waals surface area contributed by atoms with Crippen molar-refractivity contribution in [2.24, 2.45) is 0 Å². The van der Waals surface area contributed by atoms with E-state index in [0.29, 0.717) is 17.5 Å². The average Bonchev–Trinajstić information content (AvgIpc) is 3.74. The van der Waals surface area contributed by atoms with Crippen molar-refractivity contribution < 1.29 is 4.42 Å². The van der Waals surface area contributed by atoms with E-state index in [1.54, 1.807) is 0 Å². The molecule has 0 radical (unpaired) electrons. The maximum absolute atomic E-state index is 6.49. The summed E-state index contributed by atoms with van der Waals surface area (Å²) in [5, 5.41) is 4.58. The van der Waals surface area contributed by atoms with Gasteiger partial charge in [0.25, 0.3) is 0 Å². The predicted octanol–water partition coefficient (Wildman–Crippen LogP) is 11.5. The number of hydrogen-bond acceptors (Lipinski definition) is 4. The van der Waals surface area contributed by atoms with Crippen LogP contribution in [0.5, 0.6) is 0 Å². The van der Waals surface area contributed by atoms with Crippen LogP contribution in [0, 0.1) is 0 Å². The van der Waals surface area contributed by atoms with Crippen LogP contribution in [0.3, 0.4) is 0 Å². The fraction of sp³-hybridized carbons (Fsp3) is 0. The molecule has 0 bridgehead atoms. The third-order valence-corrected chi connectivity index (χ3v) is 9.50. The Bertz CT molecular complexity index is 2830. The Morgan fingerprint density at radius 2 is 0.880 bits per heavy atom. The summed E-state index contributed by atoms with van der Waals surface area (Å²) in [6, 6.07) is 58.4. The Balaban J connectivity index is 1.23. The summed E-state index contributed by atoms with van der Waals surface area (Å²) in [5.41, 5.74) is 9.67. The monoisotopic (exact) mass is 640 g/mol. The largest absolute Gasteiger partial charge is 0.455 e. The van der Waals surface area contributed by atoms with Gasteiger partial charge in [0, 0.05) is 43.8 Å². The van der Waals surface area contributed by atoms with Crippen LogP contribution >= 0.6 is 0 Å². The molecule has 0 aliphatic rings. The first kappa shape index (κ1) is 28.2. The van der Waals surface area contributed by atoms with Crippen LogP contribution in [0.15, 0.2) is 174 Å². The molecule has 0 fully saturated rings. The van der Waals surface area contributed by atoms with Crippen LogP contribution in [-0.2, 0) is 0 Å². The minimum Gasteiger partial charge on any atom is -0.455 e. The average molecular weight is 641 g/mol. The second-order valence-corrected chi connectivity index (χ2v) is 12.4. The van der Waals surface area contributed by atoms with Crippen molar-refractivity contribution in [1.82, 2.24) is 19.5 Å². The van der Waals surface area contributed by atoms with E-state index >= 15 is 0 Å². The number of rotatable bonds is 5. The molecule has 3 aromatic heterocycles. The Morgan fingerprint density at radius 1 is 0.360 bits per heavy atom. The van der Waals surface area contributed by atoms with Gasteiger partial charge < -0.3 is 8.98 Å². The van der Waals surface area contributed by atoms with E-state index in [9.17, 15) is 0 Å². The molecule has 0 spiro atoms. The second-order valence-electron chi connectivity index (χ2n) is 12.4. The zero-order valence-corrected chi connectivity index (χ0v) is 26.9. The number of nitrogens with zero attached hydrogens (tertiary/aromatic N) is 4. The number of furan rings is 1. The second kappa shape index (κ2) is 11.4. The SMILES string of the molecule is c1ccc(-c2nc(-c3ccccc3-c3cccc4c3oc3ccccc34)nc(-c3ccccc3-n3c4ccccc4c4ccccc43)n2)cc1. The van der Waals surface area contributed by atoms with Gasteiger partial charge in [-0.15, -0.1) is 0 Å². The van der Waals surface area contributed by atoms with E-state index < -0.39 is 0 Å². The smallest absolute Gasteiger partial charge is 0.166 e. The fourth-order valence-corrected chi connectivity index (χ4v) is 7.25. The number of hydrogen-bond donors (Lipinski definition) is 0. The minimum absolute atomic E-state index is 0.592. The van der Waals surface area contributed by atoms with Crippen molar-refractivity contribution in [2.75, 3.05) is 0 Å². The number of benzene rings is 7. The zero-order valence-electron chi connectivity index (χ0n) is 26.9. The highest BCUT2D eigenvalue weighted by molar-refractivity contribution is 6.11. The molecule has 10 aromatic rings. The topological polar surface area (TPSA) is 56.7 Å². The Labute approximate surface area is 287 Å². The van der Waals surface area contributed by atoms with Crippen molar-refractivity contribution in [3.63, 3.8) is 0 Å². The highest BCUT2D eigenvalue weighted by Gasteiger charge is 2.21. The molecular weight excluding hydrogens is 613 g/mol. The number of para-hydroxylation sites is 5. The van der Waals surface area contributed by atoms with Gasteiger partial charge in [0.15, 0.2) is 17.5 Å². The zero-order chi connectivity index (χ0) is 33.0. The summed E-state index contributed by atoms with van der Waals surface area (Å²) in [7, 11) is 0. The van der Waals surface area contributed by atoms with Crippen LogP contribution in [0.1, 0.15) is 0 Å². The van der Waals surface area contributed by atoms with E-state index in [0.717, 1.165) is 66.5 Å². The molecule has 0 unspecified atom stereocenters. The highest BCUT2D eigenvalue weighted by Crippen LogP contribution is 2.40. The van der Waals surface area contributed by atoms with E-state index in [2.05, 4.69) is 120 Å². The summed E-state index contributed by atoms with van der Waals surface area (Å²) in [6.45, 7) is 0. The molecule has 10 rings (SSSR count). The van der Waals surface area contributed by atoms with E-state index in [1.807, 2.05) is 54.6 Å². The lowest BCUT2D eigenvalue weighted by atomic mass is 9.97. The predicted molar refractivity (Wildman–Crippen MR) is 203 cm³/mol. The van der Waals surface area contributed by atoms with Crippen molar-refractivity contribution in [2.45, 2.75) is 0 Å².